The second-order valence-corrected chi connectivity index (χ2v) is 13.8. The van der Waals surface area contributed by atoms with Gasteiger partial charge in [-0.1, -0.05) is 176 Å². The van der Waals surface area contributed by atoms with Gasteiger partial charge in [0.2, 0.25) is 0 Å². The van der Waals surface area contributed by atoms with Gasteiger partial charge in [0.15, 0.2) is 0 Å². The van der Waals surface area contributed by atoms with Gasteiger partial charge in [0.1, 0.15) is 0 Å². The summed E-state index contributed by atoms with van der Waals surface area (Å²) in [5.41, 5.74) is 13.5. The third-order valence-electron chi connectivity index (χ3n) is 10.4. The van der Waals surface area contributed by atoms with Crippen LogP contribution in [0.15, 0.2) is 212 Å². The summed E-state index contributed by atoms with van der Waals surface area (Å²) in [6, 6.07) is 75.1. The number of rotatable bonds is 7. The molecule has 0 saturated carbocycles. The fourth-order valence-electron chi connectivity index (χ4n) is 7.79. The van der Waals surface area contributed by atoms with E-state index in [1.807, 2.05) is 12.1 Å². The highest BCUT2D eigenvalue weighted by atomic mass is 15.1. The fourth-order valence-corrected chi connectivity index (χ4v) is 7.79. The molecule has 3 nitrogen and oxygen atoms in total. The normalized spacial score (nSPS) is 11.3. The first kappa shape index (κ1) is 32.3. The number of hydrogen-bond donors (Lipinski definition) is 0. The zero-order valence-electron chi connectivity index (χ0n) is 30.0. The van der Waals surface area contributed by atoms with Crippen molar-refractivity contribution < 1.29 is 0 Å². The highest BCUT2D eigenvalue weighted by Crippen LogP contribution is 2.44. The minimum Gasteiger partial charge on any atom is -0.310 e. The summed E-state index contributed by atoms with van der Waals surface area (Å²) < 4.78 is 0. The van der Waals surface area contributed by atoms with E-state index in [1.165, 1.54) is 5.56 Å². The van der Waals surface area contributed by atoms with Gasteiger partial charge in [0, 0.05) is 33.5 Å². The van der Waals surface area contributed by atoms with Crippen LogP contribution in [0.3, 0.4) is 0 Å². The van der Waals surface area contributed by atoms with Crippen molar-refractivity contribution in [2.75, 3.05) is 4.90 Å². The first-order valence-electron chi connectivity index (χ1n) is 18.7. The van der Waals surface area contributed by atoms with E-state index in [2.05, 4.69) is 205 Å². The summed E-state index contributed by atoms with van der Waals surface area (Å²) >= 11 is 0. The molecule has 0 N–H and O–H groups in total. The van der Waals surface area contributed by atoms with Crippen LogP contribution in [0, 0.1) is 0 Å². The highest BCUT2D eigenvalue weighted by molar-refractivity contribution is 6.19. The van der Waals surface area contributed by atoms with Gasteiger partial charge in [0.25, 0.3) is 0 Å². The summed E-state index contributed by atoms with van der Waals surface area (Å²) in [6.45, 7) is 0. The second kappa shape index (κ2) is 13.9. The average Bonchev–Trinajstić information content (AvgIpc) is 3.27. The monoisotopic (exact) mass is 701 g/mol. The smallest absolute Gasteiger partial charge is 0.0979 e. The Bertz CT molecular complexity index is 2960. The summed E-state index contributed by atoms with van der Waals surface area (Å²) in [4.78, 5) is 13.3. The van der Waals surface area contributed by atoms with Crippen molar-refractivity contribution in [2.45, 2.75) is 0 Å². The average molecular weight is 702 g/mol. The predicted molar refractivity (Wildman–Crippen MR) is 231 cm³/mol. The van der Waals surface area contributed by atoms with Gasteiger partial charge in [-0.3, -0.25) is 0 Å². The molecule has 0 aliphatic heterocycles. The third-order valence-corrected chi connectivity index (χ3v) is 10.4. The molecule has 0 spiro atoms. The number of fused-ring (bicyclic) bond motifs is 5. The lowest BCUT2D eigenvalue weighted by Crippen LogP contribution is -2.11. The number of nitrogens with zero attached hydrogens (tertiary/aromatic N) is 3. The quantitative estimate of drug-likeness (QED) is 0.155. The van der Waals surface area contributed by atoms with E-state index in [9.17, 15) is 0 Å². The number of anilines is 3. The summed E-state index contributed by atoms with van der Waals surface area (Å²) in [6.07, 6.45) is 0. The molecule has 0 amide bonds. The van der Waals surface area contributed by atoms with E-state index in [-0.39, 0.29) is 0 Å². The molecule has 0 fully saturated rings. The van der Waals surface area contributed by atoms with Crippen molar-refractivity contribution in [3.05, 3.63) is 212 Å². The standard InChI is InChI=1S/C52H35N3/c1-5-16-36(17-6-1)42-24-15-25-43(34-42)55(48-27-14-13-26-45(48)37-18-7-2-8-19-37)44-32-30-38-28-29-39-31-33-47-52(49(39)46(38)35-44)54-51(41-22-11-4-12-23-41)50(53-47)40-20-9-3-10-21-40/h1-35H. The molecular formula is C52H35N3. The van der Waals surface area contributed by atoms with E-state index in [0.717, 1.165) is 88.8 Å². The molecule has 0 unspecified atom stereocenters. The molecule has 55 heavy (non-hydrogen) atoms. The summed E-state index contributed by atoms with van der Waals surface area (Å²) in [5, 5.41) is 4.49. The van der Waals surface area contributed by atoms with Crippen LogP contribution in [0.1, 0.15) is 0 Å². The lowest BCUT2D eigenvalue weighted by Gasteiger charge is -2.29. The molecule has 9 aromatic carbocycles. The predicted octanol–water partition coefficient (Wildman–Crippen LogP) is 14.1. The molecule has 258 valence electrons. The maximum Gasteiger partial charge on any atom is 0.0979 e. The Morgan fingerprint density at radius 3 is 1.58 bits per heavy atom. The minimum absolute atomic E-state index is 0.866. The maximum absolute atomic E-state index is 5.51. The van der Waals surface area contributed by atoms with Crippen molar-refractivity contribution in [2.24, 2.45) is 0 Å². The Hall–Kier alpha value is -7.36. The maximum atomic E-state index is 5.51. The van der Waals surface area contributed by atoms with Crippen molar-refractivity contribution in [1.29, 1.82) is 0 Å². The number of para-hydroxylation sites is 1. The van der Waals surface area contributed by atoms with Gasteiger partial charge in [-0.05, 0) is 69.2 Å². The molecule has 10 rings (SSSR count). The van der Waals surface area contributed by atoms with Gasteiger partial charge < -0.3 is 4.90 Å². The molecule has 10 aromatic rings. The van der Waals surface area contributed by atoms with Crippen LogP contribution in [0.4, 0.5) is 17.1 Å². The Kier molecular flexibility index (Phi) is 8.16. The summed E-state index contributed by atoms with van der Waals surface area (Å²) in [5.74, 6) is 0. The molecule has 0 aliphatic carbocycles. The first-order valence-corrected chi connectivity index (χ1v) is 18.7. The molecule has 3 heteroatoms. The van der Waals surface area contributed by atoms with Crippen LogP contribution >= 0.6 is 0 Å². The van der Waals surface area contributed by atoms with E-state index in [1.54, 1.807) is 0 Å². The molecule has 0 radical (unpaired) electrons. The summed E-state index contributed by atoms with van der Waals surface area (Å²) in [7, 11) is 0. The first-order chi connectivity index (χ1) is 27.3. The van der Waals surface area contributed by atoms with Crippen LogP contribution in [0.2, 0.25) is 0 Å². The number of benzene rings is 9. The van der Waals surface area contributed by atoms with Crippen LogP contribution < -0.4 is 4.90 Å². The van der Waals surface area contributed by atoms with E-state index in [4.69, 9.17) is 9.97 Å². The Labute approximate surface area is 320 Å². The van der Waals surface area contributed by atoms with E-state index < -0.39 is 0 Å². The molecule has 0 aliphatic rings. The van der Waals surface area contributed by atoms with E-state index in [0.29, 0.717) is 0 Å². The Morgan fingerprint density at radius 1 is 0.345 bits per heavy atom. The number of hydrogen-bond acceptors (Lipinski definition) is 3. The number of aromatic nitrogens is 2. The molecule has 1 aromatic heterocycles. The van der Waals surface area contributed by atoms with Gasteiger partial charge in [-0.25, -0.2) is 9.97 Å². The molecular weight excluding hydrogens is 667 g/mol. The van der Waals surface area contributed by atoms with Crippen LogP contribution in [-0.4, -0.2) is 9.97 Å². The zero-order valence-corrected chi connectivity index (χ0v) is 30.0. The topological polar surface area (TPSA) is 29.0 Å². The van der Waals surface area contributed by atoms with Crippen LogP contribution in [0.5, 0.6) is 0 Å². The van der Waals surface area contributed by atoms with E-state index >= 15 is 0 Å². The van der Waals surface area contributed by atoms with Crippen molar-refractivity contribution >= 4 is 49.6 Å². The van der Waals surface area contributed by atoms with Gasteiger partial charge in [-0.15, -0.1) is 0 Å². The molecule has 0 atom stereocenters. The van der Waals surface area contributed by atoms with Crippen LogP contribution in [-0.2, 0) is 0 Å². The third kappa shape index (κ3) is 5.98. The van der Waals surface area contributed by atoms with Crippen molar-refractivity contribution in [1.82, 2.24) is 9.97 Å². The van der Waals surface area contributed by atoms with Crippen molar-refractivity contribution in [3.8, 4) is 44.8 Å². The van der Waals surface area contributed by atoms with Gasteiger partial charge in [0.05, 0.1) is 28.1 Å². The lowest BCUT2D eigenvalue weighted by atomic mass is 9.97. The van der Waals surface area contributed by atoms with Gasteiger partial charge >= 0.3 is 0 Å². The highest BCUT2D eigenvalue weighted by Gasteiger charge is 2.20. The zero-order chi connectivity index (χ0) is 36.6. The fraction of sp³-hybridized carbons (Fsp3) is 0. The molecule has 1 heterocycles. The molecule has 0 bridgehead atoms. The molecule has 0 saturated heterocycles. The second-order valence-electron chi connectivity index (χ2n) is 13.8. The lowest BCUT2D eigenvalue weighted by molar-refractivity contribution is 1.29. The Morgan fingerprint density at radius 2 is 0.873 bits per heavy atom. The largest absolute Gasteiger partial charge is 0.310 e. The Balaban J connectivity index is 1.24. The van der Waals surface area contributed by atoms with Crippen LogP contribution in [0.25, 0.3) is 77.3 Å². The van der Waals surface area contributed by atoms with Crippen molar-refractivity contribution in [3.63, 3.8) is 0 Å². The minimum atomic E-state index is 0.866. The van der Waals surface area contributed by atoms with Gasteiger partial charge in [-0.2, -0.15) is 0 Å². The SMILES string of the molecule is c1ccc(-c2cccc(N(c3ccc4ccc5ccc6nc(-c7ccccc7)c(-c7ccccc7)nc6c5c4c3)c3ccccc3-c3ccccc3)c2)cc1.